The molecule has 0 spiro atoms. The van der Waals surface area contributed by atoms with Crippen LogP contribution in [0, 0.1) is 6.92 Å². The van der Waals surface area contributed by atoms with Gasteiger partial charge in [0.2, 0.25) is 0 Å². The van der Waals surface area contributed by atoms with Gasteiger partial charge < -0.3 is 9.67 Å². The SMILES string of the molecule is Cc1cc(-c2nnc(Sc3ccc(C(=O)CO)cc3)n2C)nn1C. The van der Waals surface area contributed by atoms with Crippen molar-refractivity contribution in [2.75, 3.05) is 6.61 Å². The van der Waals surface area contributed by atoms with Gasteiger partial charge in [0, 0.05) is 30.2 Å². The van der Waals surface area contributed by atoms with Gasteiger partial charge in [0.15, 0.2) is 16.8 Å². The molecule has 3 aromatic rings. The highest BCUT2D eigenvalue weighted by molar-refractivity contribution is 7.99. The normalized spacial score (nSPS) is 11.0. The number of hydrogen-bond acceptors (Lipinski definition) is 6. The van der Waals surface area contributed by atoms with Crippen molar-refractivity contribution in [2.24, 2.45) is 14.1 Å². The highest BCUT2D eigenvalue weighted by Gasteiger charge is 2.15. The number of aryl methyl sites for hydroxylation is 2. The van der Waals surface area contributed by atoms with Crippen LogP contribution in [-0.2, 0) is 14.1 Å². The first-order chi connectivity index (χ1) is 11.5. The predicted molar refractivity (Wildman–Crippen MR) is 89.9 cm³/mol. The predicted octanol–water partition coefficient (Wildman–Crippen LogP) is 1.85. The summed E-state index contributed by atoms with van der Waals surface area (Å²) in [6.07, 6.45) is 0. The van der Waals surface area contributed by atoms with Crippen molar-refractivity contribution in [1.82, 2.24) is 24.5 Å². The number of aromatic nitrogens is 5. The number of hydrogen-bond donors (Lipinski definition) is 1. The lowest BCUT2D eigenvalue weighted by Gasteiger charge is -2.03. The minimum Gasteiger partial charge on any atom is -0.388 e. The van der Waals surface area contributed by atoms with E-state index in [-0.39, 0.29) is 5.78 Å². The molecule has 2 aromatic heterocycles. The topological polar surface area (TPSA) is 85.8 Å². The van der Waals surface area contributed by atoms with E-state index >= 15 is 0 Å². The van der Waals surface area contributed by atoms with Gasteiger partial charge in [-0.3, -0.25) is 9.48 Å². The number of nitrogens with zero attached hydrogens (tertiary/aromatic N) is 5. The molecule has 0 radical (unpaired) electrons. The van der Waals surface area contributed by atoms with Crippen molar-refractivity contribution in [1.29, 1.82) is 0 Å². The summed E-state index contributed by atoms with van der Waals surface area (Å²) in [5.74, 6) is 0.409. The van der Waals surface area contributed by atoms with Gasteiger partial charge in [-0.15, -0.1) is 10.2 Å². The average Bonchev–Trinajstić information content (AvgIpc) is 3.10. The highest BCUT2D eigenvalue weighted by atomic mass is 32.2. The Morgan fingerprint density at radius 3 is 2.50 bits per heavy atom. The van der Waals surface area contributed by atoms with E-state index in [2.05, 4.69) is 15.3 Å². The summed E-state index contributed by atoms with van der Waals surface area (Å²) in [6.45, 7) is 1.50. The van der Waals surface area contributed by atoms with Crippen LogP contribution in [-0.4, -0.2) is 42.0 Å². The van der Waals surface area contributed by atoms with Crippen molar-refractivity contribution in [3.63, 3.8) is 0 Å². The molecule has 1 aromatic carbocycles. The molecule has 1 N–H and O–H groups in total. The van der Waals surface area contributed by atoms with Crippen LogP contribution < -0.4 is 0 Å². The Kier molecular flexibility index (Phi) is 4.50. The monoisotopic (exact) mass is 343 g/mol. The van der Waals surface area contributed by atoms with Crippen LogP contribution in [0.1, 0.15) is 16.1 Å². The molecule has 0 atom stereocenters. The molecule has 8 heteroatoms. The summed E-state index contributed by atoms with van der Waals surface area (Å²) < 4.78 is 3.69. The molecule has 0 aliphatic carbocycles. The minimum atomic E-state index is -0.484. The average molecular weight is 343 g/mol. The first-order valence-electron chi connectivity index (χ1n) is 7.32. The maximum Gasteiger partial charge on any atom is 0.196 e. The molecule has 0 bridgehead atoms. The van der Waals surface area contributed by atoms with Crippen LogP contribution in [0.15, 0.2) is 40.4 Å². The summed E-state index contributed by atoms with van der Waals surface area (Å²) >= 11 is 1.45. The molecule has 7 nitrogen and oxygen atoms in total. The third kappa shape index (κ3) is 3.10. The second-order valence-electron chi connectivity index (χ2n) is 5.37. The summed E-state index contributed by atoms with van der Waals surface area (Å²) in [5, 5.41) is 22.5. The second-order valence-corrected chi connectivity index (χ2v) is 6.41. The standard InChI is InChI=1S/C16H17N5O2S/c1-10-8-13(19-21(10)3)15-17-18-16(20(15)2)24-12-6-4-11(5-7-12)14(23)9-22/h4-8,22H,9H2,1-3H3. The number of aliphatic hydroxyl groups is 1. The van der Waals surface area contributed by atoms with Crippen molar-refractivity contribution in [3.05, 3.63) is 41.6 Å². The van der Waals surface area contributed by atoms with E-state index in [1.54, 1.807) is 16.8 Å². The van der Waals surface area contributed by atoms with Gasteiger partial charge in [0.1, 0.15) is 12.3 Å². The van der Waals surface area contributed by atoms with Crippen molar-refractivity contribution in [2.45, 2.75) is 17.0 Å². The molecule has 24 heavy (non-hydrogen) atoms. The Hall–Kier alpha value is -2.45. The first kappa shape index (κ1) is 16.4. The Bertz CT molecular complexity index is 863. The van der Waals surface area contributed by atoms with Crippen LogP contribution in [0.4, 0.5) is 0 Å². The second kappa shape index (κ2) is 6.58. The van der Waals surface area contributed by atoms with Crippen molar-refractivity contribution >= 4 is 17.5 Å². The molecule has 3 rings (SSSR count). The Morgan fingerprint density at radius 1 is 1.21 bits per heavy atom. The number of carbonyl (C=O) groups excluding carboxylic acids is 1. The zero-order valence-electron chi connectivity index (χ0n) is 13.6. The zero-order chi connectivity index (χ0) is 17.3. The molecular formula is C16H17N5O2S. The van der Waals surface area contributed by atoms with Gasteiger partial charge in [0.05, 0.1) is 0 Å². The number of ketones is 1. The molecule has 124 valence electrons. The molecule has 2 heterocycles. The Labute approximate surface area is 143 Å². The van der Waals surface area contributed by atoms with Gasteiger partial charge in [-0.25, -0.2) is 0 Å². The van der Waals surface area contributed by atoms with E-state index in [1.807, 2.05) is 43.8 Å². The molecule has 0 amide bonds. The smallest absolute Gasteiger partial charge is 0.196 e. The lowest BCUT2D eigenvalue weighted by Crippen LogP contribution is -2.03. The maximum absolute atomic E-state index is 11.4. The number of Topliss-reactive ketones (excluding diaryl/α,β-unsaturated/α-hetero) is 1. The number of rotatable bonds is 5. The fourth-order valence-corrected chi connectivity index (χ4v) is 2.99. The number of carbonyl (C=O) groups is 1. The molecule has 0 aliphatic heterocycles. The zero-order valence-corrected chi connectivity index (χ0v) is 14.4. The van der Waals surface area contributed by atoms with E-state index in [9.17, 15) is 4.79 Å². The Balaban J connectivity index is 1.82. The fourth-order valence-electron chi connectivity index (χ4n) is 2.20. The Morgan fingerprint density at radius 2 is 1.92 bits per heavy atom. The third-order valence-corrected chi connectivity index (χ3v) is 4.75. The van der Waals surface area contributed by atoms with Crippen LogP contribution in [0.2, 0.25) is 0 Å². The van der Waals surface area contributed by atoms with Crippen molar-refractivity contribution < 1.29 is 9.90 Å². The summed E-state index contributed by atoms with van der Waals surface area (Å²) in [5.41, 5.74) is 2.32. The highest BCUT2D eigenvalue weighted by Crippen LogP contribution is 2.28. The summed E-state index contributed by atoms with van der Waals surface area (Å²) in [4.78, 5) is 12.4. The number of aliphatic hydroxyl groups excluding tert-OH is 1. The lowest BCUT2D eigenvalue weighted by molar-refractivity contribution is 0.0903. The van der Waals surface area contributed by atoms with Crippen LogP contribution in [0.3, 0.4) is 0 Å². The summed E-state index contributed by atoms with van der Waals surface area (Å²) in [7, 11) is 3.78. The lowest BCUT2D eigenvalue weighted by atomic mass is 10.1. The van der Waals surface area contributed by atoms with E-state index in [1.165, 1.54) is 11.8 Å². The van der Waals surface area contributed by atoms with Crippen LogP contribution in [0.5, 0.6) is 0 Å². The number of benzene rings is 1. The van der Waals surface area contributed by atoms with Gasteiger partial charge in [-0.1, -0.05) is 12.1 Å². The van der Waals surface area contributed by atoms with E-state index < -0.39 is 6.61 Å². The largest absolute Gasteiger partial charge is 0.388 e. The molecule has 0 aliphatic rings. The quantitative estimate of drug-likeness (QED) is 0.712. The van der Waals surface area contributed by atoms with Crippen LogP contribution >= 0.6 is 11.8 Å². The third-order valence-electron chi connectivity index (χ3n) is 3.71. The molecule has 0 fully saturated rings. The maximum atomic E-state index is 11.4. The van der Waals surface area contributed by atoms with Gasteiger partial charge in [-0.05, 0) is 36.9 Å². The molecule has 0 saturated carbocycles. The first-order valence-corrected chi connectivity index (χ1v) is 8.13. The van der Waals surface area contributed by atoms with E-state index in [0.29, 0.717) is 11.4 Å². The molecular weight excluding hydrogens is 326 g/mol. The summed E-state index contributed by atoms with van der Waals surface area (Å²) in [6, 6.07) is 9.01. The van der Waals surface area contributed by atoms with Gasteiger partial charge in [-0.2, -0.15) is 5.10 Å². The minimum absolute atomic E-state index is 0.294. The van der Waals surface area contributed by atoms with Crippen LogP contribution in [0.25, 0.3) is 11.5 Å². The van der Waals surface area contributed by atoms with E-state index in [4.69, 9.17) is 5.11 Å². The fraction of sp³-hybridized carbons (Fsp3) is 0.250. The van der Waals surface area contributed by atoms with E-state index in [0.717, 1.165) is 21.4 Å². The molecule has 0 saturated heterocycles. The van der Waals surface area contributed by atoms with Gasteiger partial charge in [0.25, 0.3) is 0 Å². The van der Waals surface area contributed by atoms with Gasteiger partial charge >= 0.3 is 0 Å². The molecule has 0 unspecified atom stereocenters. The van der Waals surface area contributed by atoms with Crippen molar-refractivity contribution in [3.8, 4) is 11.5 Å².